The quantitative estimate of drug-likeness (QED) is 0.468. The molecule has 1 heteroatoms. The number of rotatable bonds is 3. The number of fused-ring (bicyclic) bond motifs is 1. The van der Waals surface area contributed by atoms with Gasteiger partial charge in [-0.25, -0.2) is 0 Å². The fourth-order valence-electron chi connectivity index (χ4n) is 3.22. The van der Waals surface area contributed by atoms with Crippen LogP contribution >= 0.6 is 0 Å². The van der Waals surface area contributed by atoms with Gasteiger partial charge < -0.3 is 0 Å². The third-order valence-electron chi connectivity index (χ3n) is 4.46. The molecule has 3 atom stereocenters. The molecule has 0 N–H and O–H groups in total. The summed E-state index contributed by atoms with van der Waals surface area (Å²) in [7, 11) is 2.35. The first-order chi connectivity index (χ1) is 6.57. The fourth-order valence-corrected chi connectivity index (χ4v) is 3.22. The summed E-state index contributed by atoms with van der Waals surface area (Å²) in [5.41, 5.74) is 2.13. The van der Waals surface area contributed by atoms with Crippen LogP contribution in [0.2, 0.25) is 6.32 Å². The normalized spacial score (nSPS) is 38.2. The Morgan fingerprint density at radius 2 is 2.36 bits per heavy atom. The zero-order valence-electron chi connectivity index (χ0n) is 9.59. The third kappa shape index (κ3) is 1.29. The second-order valence-corrected chi connectivity index (χ2v) is 5.45. The van der Waals surface area contributed by atoms with Crippen LogP contribution in [0.4, 0.5) is 0 Å². The molecule has 0 aromatic carbocycles. The average Bonchev–Trinajstić information content (AvgIpc) is 2.15. The number of allylic oxidation sites excluding steroid dienone is 3. The molecule has 0 nitrogen and oxygen atoms in total. The standard InChI is InChI=1S/C13H20B/c1-5-6-14-12-8-10-7-11(9(12)2)13(10,3)4/h5,8-11H,1,6-7H2,2-4H3. The van der Waals surface area contributed by atoms with Crippen molar-refractivity contribution in [3.8, 4) is 0 Å². The first-order valence-electron chi connectivity index (χ1n) is 5.73. The zero-order valence-corrected chi connectivity index (χ0v) is 9.59. The van der Waals surface area contributed by atoms with Crippen LogP contribution in [0.5, 0.6) is 0 Å². The monoisotopic (exact) mass is 187 g/mol. The van der Waals surface area contributed by atoms with Crippen LogP contribution in [0, 0.1) is 23.2 Å². The zero-order chi connectivity index (χ0) is 10.3. The van der Waals surface area contributed by atoms with Gasteiger partial charge in [0.05, 0.1) is 0 Å². The van der Waals surface area contributed by atoms with Gasteiger partial charge in [-0.2, -0.15) is 0 Å². The van der Waals surface area contributed by atoms with Gasteiger partial charge in [0.15, 0.2) is 0 Å². The Hall–Kier alpha value is -0.455. The van der Waals surface area contributed by atoms with Crippen LogP contribution in [0.15, 0.2) is 24.2 Å². The van der Waals surface area contributed by atoms with Crippen molar-refractivity contribution in [1.29, 1.82) is 0 Å². The van der Waals surface area contributed by atoms with Crippen molar-refractivity contribution in [3.05, 3.63) is 24.2 Å². The third-order valence-corrected chi connectivity index (χ3v) is 4.46. The maximum atomic E-state index is 3.77. The minimum atomic E-state index is 0.560. The summed E-state index contributed by atoms with van der Waals surface area (Å²) in [4.78, 5) is 0. The van der Waals surface area contributed by atoms with Crippen molar-refractivity contribution in [2.75, 3.05) is 0 Å². The van der Waals surface area contributed by atoms with E-state index in [9.17, 15) is 0 Å². The van der Waals surface area contributed by atoms with E-state index in [0.717, 1.165) is 24.1 Å². The molecule has 75 valence electrons. The van der Waals surface area contributed by atoms with Gasteiger partial charge in [-0.1, -0.05) is 39.2 Å². The van der Waals surface area contributed by atoms with Gasteiger partial charge >= 0.3 is 0 Å². The Bertz CT molecular complexity index is 275. The van der Waals surface area contributed by atoms with Crippen LogP contribution in [0.3, 0.4) is 0 Å². The average molecular weight is 187 g/mol. The molecule has 0 aliphatic heterocycles. The summed E-state index contributed by atoms with van der Waals surface area (Å²) in [6, 6.07) is 0. The molecule has 0 aromatic rings. The highest BCUT2D eigenvalue weighted by molar-refractivity contribution is 6.46. The lowest BCUT2D eigenvalue weighted by atomic mass is 9.42. The number of hydrogen-bond acceptors (Lipinski definition) is 0. The predicted octanol–water partition coefficient (Wildman–Crippen LogP) is 3.49. The summed E-state index contributed by atoms with van der Waals surface area (Å²) >= 11 is 0. The lowest BCUT2D eigenvalue weighted by Gasteiger charge is -2.58. The maximum absolute atomic E-state index is 3.77. The van der Waals surface area contributed by atoms with Gasteiger partial charge in [0, 0.05) is 0 Å². The minimum Gasteiger partial charge on any atom is -0.109 e. The molecule has 3 aliphatic carbocycles. The summed E-state index contributed by atoms with van der Waals surface area (Å²) < 4.78 is 0. The molecule has 3 aliphatic rings. The van der Waals surface area contributed by atoms with E-state index in [-0.39, 0.29) is 0 Å². The van der Waals surface area contributed by atoms with Crippen molar-refractivity contribution in [2.45, 2.75) is 33.5 Å². The molecule has 2 bridgehead atoms. The lowest BCUT2D eigenvalue weighted by molar-refractivity contribution is -0.0280. The molecule has 0 saturated heterocycles. The Morgan fingerprint density at radius 1 is 1.64 bits per heavy atom. The van der Waals surface area contributed by atoms with Crippen molar-refractivity contribution < 1.29 is 0 Å². The largest absolute Gasteiger partial charge is 0.149 e. The van der Waals surface area contributed by atoms with Crippen LogP contribution < -0.4 is 0 Å². The molecule has 0 spiro atoms. The van der Waals surface area contributed by atoms with E-state index < -0.39 is 0 Å². The summed E-state index contributed by atoms with van der Waals surface area (Å²) in [6.45, 7) is 11.0. The molecule has 0 aromatic heterocycles. The molecule has 0 heterocycles. The molecule has 3 rings (SSSR count). The van der Waals surface area contributed by atoms with Crippen molar-refractivity contribution >= 4 is 7.28 Å². The van der Waals surface area contributed by atoms with Gasteiger partial charge in [-0.3, -0.25) is 0 Å². The van der Waals surface area contributed by atoms with E-state index >= 15 is 0 Å². The first kappa shape index (κ1) is 10.1. The highest BCUT2D eigenvalue weighted by atomic mass is 14.6. The second-order valence-electron chi connectivity index (χ2n) is 5.45. The van der Waals surface area contributed by atoms with Gasteiger partial charge in [-0.05, 0) is 29.6 Å². The Morgan fingerprint density at radius 3 is 2.86 bits per heavy atom. The highest BCUT2D eigenvalue weighted by Gasteiger charge is 2.52. The molecular formula is C13H20B. The van der Waals surface area contributed by atoms with Gasteiger partial charge in [-0.15, -0.1) is 12.1 Å². The number of hydrogen-bond donors (Lipinski definition) is 0. The summed E-state index contributed by atoms with van der Waals surface area (Å²) in [6.07, 6.45) is 6.93. The molecule has 1 saturated carbocycles. The molecule has 1 fully saturated rings. The highest BCUT2D eigenvalue weighted by Crippen LogP contribution is 2.60. The van der Waals surface area contributed by atoms with Crippen LogP contribution in [0.1, 0.15) is 27.2 Å². The fraction of sp³-hybridized carbons (Fsp3) is 0.692. The molecule has 0 amide bonds. The molecule has 3 unspecified atom stereocenters. The van der Waals surface area contributed by atoms with E-state index in [1.54, 1.807) is 5.47 Å². The maximum Gasteiger partial charge on any atom is 0.149 e. The first-order valence-corrected chi connectivity index (χ1v) is 5.73. The predicted molar refractivity (Wildman–Crippen MR) is 63.4 cm³/mol. The Labute approximate surface area is 88.7 Å². The second kappa shape index (κ2) is 3.29. The van der Waals surface area contributed by atoms with E-state index in [1.807, 2.05) is 6.08 Å². The summed E-state index contributed by atoms with van der Waals surface area (Å²) in [5.74, 6) is 2.50. The van der Waals surface area contributed by atoms with Crippen LogP contribution in [-0.2, 0) is 0 Å². The lowest BCUT2D eigenvalue weighted by Crippen LogP contribution is -2.51. The van der Waals surface area contributed by atoms with Gasteiger partial charge in [0.1, 0.15) is 7.28 Å². The SMILES string of the molecule is C=CC[B]C1=CC2CC(C1C)C2(C)C. The molecular weight excluding hydrogens is 167 g/mol. The van der Waals surface area contributed by atoms with E-state index in [1.165, 1.54) is 6.42 Å². The van der Waals surface area contributed by atoms with Crippen molar-refractivity contribution in [2.24, 2.45) is 23.2 Å². The van der Waals surface area contributed by atoms with Gasteiger partial charge in [0.25, 0.3) is 0 Å². The van der Waals surface area contributed by atoms with E-state index in [2.05, 4.69) is 40.7 Å². The van der Waals surface area contributed by atoms with Crippen molar-refractivity contribution in [1.82, 2.24) is 0 Å². The van der Waals surface area contributed by atoms with Crippen LogP contribution in [0.25, 0.3) is 0 Å². The minimum absolute atomic E-state index is 0.560. The Kier molecular flexibility index (Phi) is 2.37. The smallest absolute Gasteiger partial charge is 0.109 e. The topological polar surface area (TPSA) is 0 Å². The van der Waals surface area contributed by atoms with E-state index in [0.29, 0.717) is 5.41 Å². The Balaban J connectivity index is 2.11. The van der Waals surface area contributed by atoms with Gasteiger partial charge in [0.2, 0.25) is 0 Å². The van der Waals surface area contributed by atoms with Crippen molar-refractivity contribution in [3.63, 3.8) is 0 Å². The van der Waals surface area contributed by atoms with E-state index in [4.69, 9.17) is 0 Å². The molecule has 1 radical (unpaired) electrons. The summed E-state index contributed by atoms with van der Waals surface area (Å²) in [5, 5.41) is 0. The molecule has 14 heavy (non-hydrogen) atoms. The van der Waals surface area contributed by atoms with Crippen LogP contribution in [-0.4, -0.2) is 7.28 Å².